The van der Waals surface area contributed by atoms with Crippen LogP contribution < -0.4 is 5.32 Å². The molecular formula is C37H29N3. The largest absolute Gasteiger partial charge is 0.358 e. The zero-order valence-electron chi connectivity index (χ0n) is 22.6. The standard InChI is InChI=1S/C37H29N3/c1-37(2)30-16-10-9-15-28(30)29-21-22-31-33(34(29)37)35-32(23-38-36(39-35)26-13-7-4-8-14-26)40(31)27-19-17-25(18-20-27)24-11-5-3-6-12-24/h3-23,36,39H,1-2H3. The number of nitrogens with zero attached hydrogens (tertiary/aromatic N) is 2. The molecule has 0 bridgehead atoms. The first-order valence-electron chi connectivity index (χ1n) is 13.9. The molecule has 3 nitrogen and oxygen atoms in total. The van der Waals surface area contributed by atoms with Crippen molar-refractivity contribution in [1.29, 1.82) is 0 Å². The number of hydrogen-bond donors (Lipinski definition) is 1. The van der Waals surface area contributed by atoms with Crippen LogP contribution in [0.5, 0.6) is 0 Å². The van der Waals surface area contributed by atoms with Gasteiger partial charge >= 0.3 is 0 Å². The minimum absolute atomic E-state index is 0.124. The number of aliphatic imine (C=N–C) groups is 1. The molecule has 0 amide bonds. The highest BCUT2D eigenvalue weighted by Crippen LogP contribution is 2.54. The third kappa shape index (κ3) is 3.27. The molecule has 1 aliphatic carbocycles. The van der Waals surface area contributed by atoms with Crippen molar-refractivity contribution >= 4 is 22.8 Å². The molecule has 6 aromatic rings. The van der Waals surface area contributed by atoms with Gasteiger partial charge in [-0.25, -0.2) is 0 Å². The highest BCUT2D eigenvalue weighted by Gasteiger charge is 2.39. The number of fused-ring (bicyclic) bond motifs is 7. The molecule has 8 rings (SSSR count). The Morgan fingerprint density at radius 1 is 0.675 bits per heavy atom. The molecule has 1 aliphatic heterocycles. The molecule has 2 heterocycles. The summed E-state index contributed by atoms with van der Waals surface area (Å²) in [5, 5.41) is 5.14. The van der Waals surface area contributed by atoms with Gasteiger partial charge in [-0.15, -0.1) is 0 Å². The molecule has 0 radical (unpaired) electrons. The van der Waals surface area contributed by atoms with Gasteiger partial charge in [0.2, 0.25) is 0 Å². The summed E-state index contributed by atoms with van der Waals surface area (Å²) in [6.45, 7) is 4.72. The van der Waals surface area contributed by atoms with Gasteiger partial charge in [0.1, 0.15) is 6.17 Å². The van der Waals surface area contributed by atoms with E-state index in [4.69, 9.17) is 4.99 Å². The first kappa shape index (κ1) is 23.0. The number of aromatic nitrogens is 1. The highest BCUT2D eigenvalue weighted by molar-refractivity contribution is 6.11. The zero-order valence-corrected chi connectivity index (χ0v) is 22.6. The molecule has 0 spiro atoms. The van der Waals surface area contributed by atoms with Crippen LogP contribution in [0, 0.1) is 0 Å². The summed E-state index contributed by atoms with van der Waals surface area (Å²) >= 11 is 0. The molecule has 0 fully saturated rings. The van der Waals surface area contributed by atoms with Crippen molar-refractivity contribution in [2.75, 3.05) is 5.32 Å². The Balaban J connectivity index is 1.37. The van der Waals surface area contributed by atoms with E-state index in [9.17, 15) is 0 Å². The lowest BCUT2D eigenvalue weighted by molar-refractivity contribution is 0.666. The lowest BCUT2D eigenvalue weighted by Gasteiger charge is -2.25. The first-order valence-corrected chi connectivity index (χ1v) is 13.9. The fourth-order valence-electron chi connectivity index (χ4n) is 6.78. The molecular weight excluding hydrogens is 486 g/mol. The Labute approximate surface area is 234 Å². The van der Waals surface area contributed by atoms with Gasteiger partial charge in [0.05, 0.1) is 23.1 Å². The van der Waals surface area contributed by atoms with Crippen LogP contribution in [0.3, 0.4) is 0 Å². The predicted octanol–water partition coefficient (Wildman–Crippen LogP) is 9.15. The van der Waals surface area contributed by atoms with Crippen LogP contribution in [0.25, 0.3) is 38.8 Å². The summed E-state index contributed by atoms with van der Waals surface area (Å²) in [5.74, 6) is 0. The van der Waals surface area contributed by atoms with Crippen LogP contribution >= 0.6 is 0 Å². The second-order valence-corrected chi connectivity index (χ2v) is 11.3. The smallest absolute Gasteiger partial charge is 0.144 e. The molecule has 2 aliphatic rings. The minimum atomic E-state index is -0.129. The van der Waals surface area contributed by atoms with Gasteiger partial charge in [0, 0.05) is 16.5 Å². The van der Waals surface area contributed by atoms with Gasteiger partial charge in [-0.05, 0) is 57.1 Å². The number of anilines is 1. The van der Waals surface area contributed by atoms with Crippen molar-refractivity contribution in [3.8, 4) is 27.9 Å². The Morgan fingerprint density at radius 3 is 2.12 bits per heavy atom. The third-order valence-corrected chi connectivity index (χ3v) is 8.66. The van der Waals surface area contributed by atoms with Crippen LogP contribution in [-0.4, -0.2) is 10.8 Å². The third-order valence-electron chi connectivity index (χ3n) is 8.66. The van der Waals surface area contributed by atoms with Crippen LogP contribution in [0.4, 0.5) is 5.69 Å². The van der Waals surface area contributed by atoms with Gasteiger partial charge in [0.25, 0.3) is 0 Å². The normalized spacial score (nSPS) is 16.3. The summed E-state index contributed by atoms with van der Waals surface area (Å²) in [4.78, 5) is 5.00. The first-order chi connectivity index (χ1) is 19.6. The van der Waals surface area contributed by atoms with Crippen LogP contribution in [-0.2, 0) is 5.41 Å². The molecule has 1 aromatic heterocycles. The molecule has 1 unspecified atom stereocenters. The van der Waals surface area contributed by atoms with Gasteiger partial charge in [0.15, 0.2) is 0 Å². The molecule has 1 atom stereocenters. The van der Waals surface area contributed by atoms with Crippen molar-refractivity contribution in [2.24, 2.45) is 4.99 Å². The van der Waals surface area contributed by atoms with Crippen LogP contribution in [0.15, 0.2) is 126 Å². The number of hydrogen-bond acceptors (Lipinski definition) is 2. The number of rotatable bonds is 3. The average molecular weight is 516 g/mol. The van der Waals surface area contributed by atoms with E-state index < -0.39 is 0 Å². The molecule has 1 N–H and O–H groups in total. The van der Waals surface area contributed by atoms with Crippen LogP contribution in [0.1, 0.15) is 42.4 Å². The summed E-state index contributed by atoms with van der Waals surface area (Å²) in [5.41, 5.74) is 13.5. The maximum atomic E-state index is 5.00. The molecule has 5 aromatic carbocycles. The van der Waals surface area contributed by atoms with Crippen molar-refractivity contribution in [3.05, 3.63) is 144 Å². The molecule has 3 heteroatoms. The van der Waals surface area contributed by atoms with E-state index in [1.807, 2.05) is 0 Å². The maximum Gasteiger partial charge on any atom is 0.144 e. The quantitative estimate of drug-likeness (QED) is 0.250. The summed E-state index contributed by atoms with van der Waals surface area (Å²) in [7, 11) is 0. The minimum Gasteiger partial charge on any atom is -0.358 e. The van der Waals surface area contributed by atoms with E-state index >= 15 is 0 Å². The fraction of sp³-hybridized carbons (Fsp3) is 0.108. The van der Waals surface area contributed by atoms with Crippen molar-refractivity contribution < 1.29 is 0 Å². The molecule has 40 heavy (non-hydrogen) atoms. The van der Waals surface area contributed by atoms with E-state index in [-0.39, 0.29) is 11.6 Å². The van der Waals surface area contributed by atoms with Gasteiger partial charge < -0.3 is 9.88 Å². The molecule has 0 saturated carbocycles. The second-order valence-electron chi connectivity index (χ2n) is 11.3. The Kier molecular flexibility index (Phi) is 4.93. The van der Waals surface area contributed by atoms with E-state index in [0.29, 0.717) is 0 Å². The topological polar surface area (TPSA) is 29.3 Å². The van der Waals surface area contributed by atoms with Crippen molar-refractivity contribution in [2.45, 2.75) is 25.4 Å². The molecule has 0 saturated heterocycles. The summed E-state index contributed by atoms with van der Waals surface area (Å²) in [6.07, 6.45) is 1.94. The lowest BCUT2D eigenvalue weighted by Crippen LogP contribution is -2.17. The maximum absolute atomic E-state index is 5.00. The van der Waals surface area contributed by atoms with Gasteiger partial charge in [-0.2, -0.15) is 0 Å². The fourth-order valence-corrected chi connectivity index (χ4v) is 6.78. The van der Waals surface area contributed by atoms with Crippen molar-refractivity contribution in [1.82, 2.24) is 4.57 Å². The Morgan fingerprint density at radius 2 is 1.35 bits per heavy atom. The second kappa shape index (κ2) is 8.56. The van der Waals surface area contributed by atoms with E-state index in [0.717, 1.165) is 22.6 Å². The average Bonchev–Trinajstić information content (AvgIpc) is 3.46. The lowest BCUT2D eigenvalue weighted by atomic mass is 9.80. The number of benzene rings is 5. The molecule has 192 valence electrons. The zero-order chi connectivity index (χ0) is 26.8. The van der Waals surface area contributed by atoms with Crippen molar-refractivity contribution in [3.63, 3.8) is 0 Å². The number of nitrogens with one attached hydrogen (secondary N) is 1. The highest BCUT2D eigenvalue weighted by atomic mass is 15.1. The van der Waals surface area contributed by atoms with Gasteiger partial charge in [-0.1, -0.05) is 117 Å². The SMILES string of the molecule is CC1(C)c2ccccc2-c2ccc3c(c4c(n3-c3ccc(-c5ccccc5)cc3)C=NC(c3ccccc3)N4)c21. The van der Waals surface area contributed by atoms with E-state index in [2.05, 4.69) is 151 Å². The van der Waals surface area contributed by atoms with E-state index in [1.165, 1.54) is 44.3 Å². The predicted molar refractivity (Wildman–Crippen MR) is 167 cm³/mol. The van der Waals surface area contributed by atoms with E-state index in [1.54, 1.807) is 0 Å². The van der Waals surface area contributed by atoms with Crippen LogP contribution in [0.2, 0.25) is 0 Å². The monoisotopic (exact) mass is 515 g/mol. The summed E-state index contributed by atoms with van der Waals surface area (Å²) in [6, 6.07) is 43.4. The van der Waals surface area contributed by atoms with Gasteiger partial charge in [-0.3, -0.25) is 4.99 Å². The Bertz CT molecular complexity index is 1930. The summed E-state index contributed by atoms with van der Waals surface area (Å²) < 4.78 is 2.37. The Hall–Kier alpha value is -4.89.